The molecule has 0 aliphatic heterocycles. The van der Waals surface area contributed by atoms with Crippen molar-refractivity contribution in [3.63, 3.8) is 0 Å². The van der Waals surface area contributed by atoms with Crippen molar-refractivity contribution in [1.82, 2.24) is 25.1 Å². The molecular weight excluding hydrogens is 506 g/mol. The third-order valence-corrected chi connectivity index (χ3v) is 7.45. The van der Waals surface area contributed by atoms with E-state index in [1.807, 2.05) is 42.8 Å². The maximum absolute atomic E-state index is 13.4. The van der Waals surface area contributed by atoms with E-state index in [1.165, 1.54) is 18.4 Å². The summed E-state index contributed by atoms with van der Waals surface area (Å²) in [6.07, 6.45) is 6.24. The average Bonchev–Trinajstić information content (AvgIpc) is 3.52. The number of amides is 1. The highest BCUT2D eigenvalue weighted by atomic mass is 79.9. The smallest absolute Gasteiger partial charge is 0.253 e. The van der Waals surface area contributed by atoms with Crippen molar-refractivity contribution in [1.29, 1.82) is 0 Å². The van der Waals surface area contributed by atoms with E-state index in [0.717, 1.165) is 51.7 Å². The molecule has 1 aliphatic carbocycles. The normalized spacial score (nSPS) is 14.0. The molecule has 8 heteroatoms. The van der Waals surface area contributed by atoms with Crippen LogP contribution < -0.4 is 10.9 Å². The summed E-state index contributed by atoms with van der Waals surface area (Å²) < 4.78 is 1.99. The molecular formula is C27H28BrN5O2. The van der Waals surface area contributed by atoms with Gasteiger partial charge in [0, 0.05) is 28.7 Å². The van der Waals surface area contributed by atoms with Gasteiger partial charge in [0.1, 0.15) is 0 Å². The number of hydrogen-bond donors (Lipinski definition) is 2. The SMILES string of the molecule is Cc1cc(C)c(CNC(=O)c2cc(-c3ccc(CBr)cc3)nc3c2cnn3C2CCCC2)c(=O)[nH]1. The number of nitrogens with zero attached hydrogens (tertiary/aromatic N) is 3. The average molecular weight is 534 g/mol. The Labute approximate surface area is 212 Å². The van der Waals surface area contributed by atoms with Crippen LogP contribution >= 0.6 is 15.9 Å². The molecule has 1 fully saturated rings. The first-order valence-corrected chi connectivity index (χ1v) is 13.1. The fraction of sp³-hybridized carbons (Fsp3) is 0.333. The molecule has 1 aromatic carbocycles. The van der Waals surface area contributed by atoms with E-state index in [2.05, 4.69) is 43.5 Å². The number of aromatic amines is 1. The molecule has 0 bridgehead atoms. The lowest BCUT2D eigenvalue weighted by atomic mass is 10.0. The summed E-state index contributed by atoms with van der Waals surface area (Å²) in [5.41, 5.74) is 6.12. The van der Waals surface area contributed by atoms with Gasteiger partial charge in [-0.25, -0.2) is 9.67 Å². The van der Waals surface area contributed by atoms with Crippen molar-refractivity contribution in [2.75, 3.05) is 0 Å². The van der Waals surface area contributed by atoms with Gasteiger partial charge in [-0.2, -0.15) is 5.10 Å². The maximum atomic E-state index is 13.4. The minimum atomic E-state index is -0.249. The number of H-pyrrole nitrogens is 1. The molecule has 35 heavy (non-hydrogen) atoms. The number of alkyl halides is 1. The molecule has 3 aromatic heterocycles. The Kier molecular flexibility index (Phi) is 6.56. The molecule has 2 N–H and O–H groups in total. The zero-order valence-corrected chi connectivity index (χ0v) is 21.5. The summed E-state index contributed by atoms with van der Waals surface area (Å²) in [7, 11) is 0. The molecule has 0 atom stereocenters. The van der Waals surface area contributed by atoms with Crippen molar-refractivity contribution in [3.05, 3.63) is 80.9 Å². The Morgan fingerprint density at radius 1 is 1.17 bits per heavy atom. The Morgan fingerprint density at radius 2 is 1.91 bits per heavy atom. The minimum Gasteiger partial charge on any atom is -0.348 e. The Morgan fingerprint density at radius 3 is 2.60 bits per heavy atom. The van der Waals surface area contributed by atoms with Crippen molar-refractivity contribution in [2.24, 2.45) is 0 Å². The number of halogens is 1. The number of aromatic nitrogens is 4. The lowest BCUT2D eigenvalue weighted by Gasteiger charge is -2.13. The zero-order valence-electron chi connectivity index (χ0n) is 19.9. The van der Waals surface area contributed by atoms with Crippen LogP contribution in [-0.2, 0) is 11.9 Å². The lowest BCUT2D eigenvalue weighted by molar-refractivity contribution is 0.0952. The summed E-state index contributed by atoms with van der Waals surface area (Å²) in [6, 6.07) is 12.2. The van der Waals surface area contributed by atoms with Crippen LogP contribution in [0.5, 0.6) is 0 Å². The highest BCUT2D eigenvalue weighted by molar-refractivity contribution is 9.08. The first-order chi connectivity index (χ1) is 16.9. The van der Waals surface area contributed by atoms with E-state index in [-0.39, 0.29) is 18.0 Å². The van der Waals surface area contributed by atoms with Crippen molar-refractivity contribution < 1.29 is 4.79 Å². The summed E-state index contributed by atoms with van der Waals surface area (Å²) in [5, 5.41) is 9.11. The van der Waals surface area contributed by atoms with Gasteiger partial charge in [-0.05, 0) is 49.9 Å². The third-order valence-electron chi connectivity index (χ3n) is 6.81. The summed E-state index contributed by atoms with van der Waals surface area (Å²) in [4.78, 5) is 33.6. The monoisotopic (exact) mass is 533 g/mol. The molecule has 4 aromatic rings. The highest BCUT2D eigenvalue weighted by Gasteiger charge is 2.23. The first-order valence-electron chi connectivity index (χ1n) is 12.0. The lowest BCUT2D eigenvalue weighted by Crippen LogP contribution is -2.28. The Hall–Kier alpha value is -3.26. The summed E-state index contributed by atoms with van der Waals surface area (Å²) >= 11 is 3.49. The number of benzene rings is 1. The summed E-state index contributed by atoms with van der Waals surface area (Å²) in [6.45, 7) is 3.88. The molecule has 180 valence electrons. The fourth-order valence-corrected chi connectivity index (χ4v) is 5.27. The maximum Gasteiger partial charge on any atom is 0.253 e. The predicted octanol–water partition coefficient (Wildman–Crippen LogP) is 5.34. The molecule has 3 heterocycles. The van der Waals surface area contributed by atoms with Gasteiger partial charge >= 0.3 is 0 Å². The van der Waals surface area contributed by atoms with E-state index in [0.29, 0.717) is 17.2 Å². The standard InChI is InChI=1S/C27H28BrN5O2/c1-16-11-17(2)31-27(35)22(16)14-29-26(34)21-12-24(19-9-7-18(13-28)8-10-19)32-25-23(21)15-30-33(25)20-5-3-4-6-20/h7-12,15,20H,3-6,13-14H2,1-2H3,(H,29,34)(H,31,35). The molecule has 0 saturated heterocycles. The molecule has 1 amide bonds. The number of carbonyl (C=O) groups is 1. The third kappa shape index (κ3) is 4.67. The molecule has 1 aliphatic rings. The topological polar surface area (TPSA) is 92.7 Å². The quantitative estimate of drug-likeness (QED) is 0.327. The molecule has 5 rings (SSSR count). The van der Waals surface area contributed by atoms with Crippen LogP contribution in [0.15, 0.2) is 47.4 Å². The van der Waals surface area contributed by atoms with E-state index in [1.54, 1.807) is 6.20 Å². The predicted molar refractivity (Wildman–Crippen MR) is 141 cm³/mol. The van der Waals surface area contributed by atoms with Crippen LogP contribution in [0.3, 0.4) is 0 Å². The van der Waals surface area contributed by atoms with Crippen LogP contribution in [0, 0.1) is 13.8 Å². The van der Waals surface area contributed by atoms with Crippen molar-refractivity contribution >= 4 is 32.9 Å². The second kappa shape index (κ2) is 9.77. The number of pyridine rings is 2. The largest absolute Gasteiger partial charge is 0.348 e. The van der Waals surface area contributed by atoms with Gasteiger partial charge in [0.15, 0.2) is 5.65 Å². The molecule has 0 unspecified atom stereocenters. The van der Waals surface area contributed by atoms with Gasteiger partial charge in [0.25, 0.3) is 11.5 Å². The van der Waals surface area contributed by atoms with E-state index < -0.39 is 0 Å². The first kappa shape index (κ1) is 23.5. The number of hydrogen-bond acceptors (Lipinski definition) is 4. The molecule has 1 saturated carbocycles. The Bertz CT molecular complexity index is 1450. The van der Waals surface area contributed by atoms with Crippen LogP contribution in [0.4, 0.5) is 0 Å². The number of nitrogens with one attached hydrogen (secondary N) is 2. The van der Waals surface area contributed by atoms with Gasteiger partial charge in [-0.3, -0.25) is 9.59 Å². The van der Waals surface area contributed by atoms with Crippen LogP contribution in [-0.4, -0.2) is 25.7 Å². The number of rotatable bonds is 6. The van der Waals surface area contributed by atoms with Crippen molar-refractivity contribution in [3.8, 4) is 11.3 Å². The van der Waals surface area contributed by atoms with Gasteiger partial charge < -0.3 is 10.3 Å². The van der Waals surface area contributed by atoms with E-state index >= 15 is 0 Å². The van der Waals surface area contributed by atoms with Crippen LogP contribution in [0.25, 0.3) is 22.3 Å². The van der Waals surface area contributed by atoms with E-state index in [4.69, 9.17) is 4.98 Å². The van der Waals surface area contributed by atoms with E-state index in [9.17, 15) is 9.59 Å². The van der Waals surface area contributed by atoms with Gasteiger partial charge in [0.05, 0.1) is 28.9 Å². The van der Waals surface area contributed by atoms with Crippen LogP contribution in [0.1, 0.15) is 64.5 Å². The highest BCUT2D eigenvalue weighted by Crippen LogP contribution is 2.33. The van der Waals surface area contributed by atoms with Gasteiger partial charge in [-0.15, -0.1) is 0 Å². The fourth-order valence-electron chi connectivity index (χ4n) is 4.90. The second-order valence-corrected chi connectivity index (χ2v) is 9.84. The van der Waals surface area contributed by atoms with Gasteiger partial charge in [-0.1, -0.05) is 53.0 Å². The van der Waals surface area contributed by atoms with Crippen molar-refractivity contribution in [2.45, 2.75) is 57.4 Å². The molecule has 7 nitrogen and oxygen atoms in total. The number of aryl methyl sites for hydroxylation is 2. The number of fused-ring (bicyclic) bond motifs is 1. The molecule has 0 spiro atoms. The molecule has 0 radical (unpaired) electrons. The minimum absolute atomic E-state index is 0.149. The van der Waals surface area contributed by atoms with Gasteiger partial charge in [0.2, 0.25) is 0 Å². The van der Waals surface area contributed by atoms with Crippen LogP contribution in [0.2, 0.25) is 0 Å². The second-order valence-electron chi connectivity index (χ2n) is 9.28. The number of carbonyl (C=O) groups excluding carboxylic acids is 1. The Balaban J connectivity index is 1.55. The zero-order chi connectivity index (χ0) is 24.5. The summed E-state index contributed by atoms with van der Waals surface area (Å²) in [5.74, 6) is -0.249.